The van der Waals surface area contributed by atoms with Gasteiger partial charge in [0.25, 0.3) is 0 Å². The van der Waals surface area contributed by atoms with E-state index in [4.69, 9.17) is 9.37 Å². The fourth-order valence-electron chi connectivity index (χ4n) is 3.68. The molecule has 0 bridgehead atoms. The van der Waals surface area contributed by atoms with Gasteiger partial charge in [0.1, 0.15) is 0 Å². The van der Waals surface area contributed by atoms with Crippen molar-refractivity contribution in [2.45, 2.75) is 32.7 Å². The number of esters is 1. The monoisotopic (exact) mass is 368 g/mol. The fourth-order valence-corrected chi connectivity index (χ4v) is 3.68. The third-order valence-electron chi connectivity index (χ3n) is 4.91. The number of aromatic nitrogens is 2. The highest BCUT2D eigenvalue weighted by Crippen LogP contribution is 2.44. The van der Waals surface area contributed by atoms with Crippen molar-refractivity contribution >= 4 is 23.4 Å². The van der Waals surface area contributed by atoms with Crippen molar-refractivity contribution in [3.8, 4) is 0 Å². The highest BCUT2D eigenvalue weighted by Gasteiger charge is 2.39. The van der Waals surface area contributed by atoms with Gasteiger partial charge in [-0.2, -0.15) is 0 Å². The molecule has 8 heteroatoms. The van der Waals surface area contributed by atoms with Crippen LogP contribution in [0.4, 0.5) is 11.6 Å². The average molecular weight is 368 g/mol. The van der Waals surface area contributed by atoms with Crippen LogP contribution in [0.1, 0.15) is 48.7 Å². The van der Waals surface area contributed by atoms with E-state index in [-0.39, 0.29) is 11.2 Å². The zero-order chi connectivity index (χ0) is 19.2. The van der Waals surface area contributed by atoms with Crippen LogP contribution in [0, 0.1) is 5.41 Å². The zero-order valence-corrected chi connectivity index (χ0v) is 15.3. The van der Waals surface area contributed by atoms with Gasteiger partial charge in [-0.25, -0.2) is 9.42 Å². The predicted octanol–water partition coefficient (Wildman–Crippen LogP) is 3.08. The van der Waals surface area contributed by atoms with Crippen LogP contribution in [0.5, 0.6) is 0 Å². The first-order chi connectivity index (χ1) is 12.9. The number of nitrogens with zero attached hydrogens (tertiary/aromatic N) is 2. The molecular formula is C19H20N4O4. The molecule has 0 spiro atoms. The van der Waals surface area contributed by atoms with Gasteiger partial charge in [-0.3, -0.25) is 4.79 Å². The molecule has 1 aromatic carbocycles. The zero-order valence-electron chi connectivity index (χ0n) is 15.3. The minimum absolute atomic E-state index is 0.0744. The first-order valence-corrected chi connectivity index (χ1v) is 8.68. The predicted molar refractivity (Wildman–Crippen MR) is 97.1 cm³/mol. The second-order valence-electron chi connectivity index (χ2n) is 7.61. The maximum atomic E-state index is 13.0. The van der Waals surface area contributed by atoms with Crippen LogP contribution in [0.3, 0.4) is 0 Å². The molecule has 1 atom stereocenters. The largest absolute Gasteiger partial charge is 0.465 e. The lowest BCUT2D eigenvalue weighted by atomic mass is 9.73. The van der Waals surface area contributed by atoms with Crippen molar-refractivity contribution < 1.29 is 19.0 Å². The van der Waals surface area contributed by atoms with E-state index in [1.54, 1.807) is 24.3 Å². The Morgan fingerprint density at radius 2 is 1.89 bits per heavy atom. The third kappa shape index (κ3) is 3.07. The Morgan fingerprint density at radius 1 is 1.19 bits per heavy atom. The van der Waals surface area contributed by atoms with E-state index in [1.807, 2.05) is 0 Å². The van der Waals surface area contributed by atoms with Gasteiger partial charge in [0, 0.05) is 17.7 Å². The fraction of sp³-hybridized carbons (Fsp3) is 0.368. The Bertz CT molecular complexity index is 943. The van der Waals surface area contributed by atoms with Crippen molar-refractivity contribution in [3.63, 3.8) is 0 Å². The molecule has 2 aromatic rings. The number of hydrogen-bond donors (Lipinski definition) is 2. The second kappa shape index (κ2) is 6.22. The number of nitrogens with one attached hydrogen (secondary N) is 2. The van der Waals surface area contributed by atoms with Crippen LogP contribution in [0.2, 0.25) is 0 Å². The first kappa shape index (κ1) is 17.3. The summed E-state index contributed by atoms with van der Waals surface area (Å²) < 4.78 is 9.58. The lowest BCUT2D eigenvalue weighted by Gasteiger charge is -2.34. The highest BCUT2D eigenvalue weighted by atomic mass is 16.6. The Balaban J connectivity index is 1.80. The summed E-state index contributed by atoms with van der Waals surface area (Å²) in [4.78, 5) is 24.7. The Hall–Kier alpha value is -3.16. The van der Waals surface area contributed by atoms with Crippen LogP contribution in [-0.2, 0) is 9.53 Å². The normalized spacial score (nSPS) is 20.7. The molecule has 0 saturated heterocycles. The number of Topliss-reactive ketones (excluding diaryl/α,β-unsaturated/α-hetero) is 1. The standard InChI is InChI=1S/C19H20N4O4/c1-19(2)8-12-14(13(24)9-19)15(21-17-16(20-12)22-27-23-17)10-4-6-11(7-5-10)18(25)26-3/h4-7,15H,8-9H2,1-3H3,(H,20,22)(H,21,23)/t15-/m1/s1. The SMILES string of the molecule is COC(=O)c1ccc([C@H]2Nc3nonc3NC3=C2C(=O)CC(C)(C)C3)cc1. The summed E-state index contributed by atoms with van der Waals surface area (Å²) in [6.45, 7) is 4.13. The van der Waals surface area contributed by atoms with Gasteiger partial charge in [0.2, 0.25) is 11.6 Å². The maximum Gasteiger partial charge on any atom is 0.337 e. The van der Waals surface area contributed by atoms with Gasteiger partial charge >= 0.3 is 5.97 Å². The van der Waals surface area contributed by atoms with Gasteiger partial charge in [0.05, 0.1) is 18.7 Å². The quantitative estimate of drug-likeness (QED) is 0.779. The number of fused-ring (bicyclic) bond motifs is 1. The van der Waals surface area contributed by atoms with Gasteiger partial charge < -0.3 is 15.4 Å². The number of carbonyl (C=O) groups is 2. The molecule has 0 unspecified atom stereocenters. The van der Waals surface area contributed by atoms with E-state index in [9.17, 15) is 9.59 Å². The van der Waals surface area contributed by atoms with Crippen LogP contribution in [0.25, 0.3) is 0 Å². The molecule has 1 aliphatic heterocycles. The van der Waals surface area contributed by atoms with Crippen LogP contribution >= 0.6 is 0 Å². The number of allylic oxidation sites excluding steroid dienone is 1. The molecule has 2 aliphatic rings. The summed E-state index contributed by atoms with van der Waals surface area (Å²) in [5, 5.41) is 14.3. The van der Waals surface area contributed by atoms with E-state index in [0.29, 0.717) is 35.6 Å². The number of anilines is 2. The summed E-state index contributed by atoms with van der Waals surface area (Å²) >= 11 is 0. The van der Waals surface area contributed by atoms with E-state index >= 15 is 0 Å². The van der Waals surface area contributed by atoms with Crippen molar-refractivity contribution in [2.75, 3.05) is 17.7 Å². The summed E-state index contributed by atoms with van der Waals surface area (Å²) in [5.74, 6) is 0.569. The average Bonchev–Trinajstić information content (AvgIpc) is 2.99. The smallest absolute Gasteiger partial charge is 0.337 e. The lowest BCUT2D eigenvalue weighted by molar-refractivity contribution is -0.118. The maximum absolute atomic E-state index is 13.0. The molecule has 2 heterocycles. The van der Waals surface area contributed by atoms with E-state index in [2.05, 4.69) is 34.8 Å². The number of carbonyl (C=O) groups excluding carboxylic acids is 2. The number of hydrogen-bond acceptors (Lipinski definition) is 8. The van der Waals surface area contributed by atoms with Crippen LogP contribution in [0.15, 0.2) is 40.2 Å². The number of ketones is 1. The third-order valence-corrected chi connectivity index (χ3v) is 4.91. The van der Waals surface area contributed by atoms with Crippen molar-refractivity contribution in [2.24, 2.45) is 5.41 Å². The molecule has 27 heavy (non-hydrogen) atoms. The van der Waals surface area contributed by atoms with Crippen molar-refractivity contribution in [3.05, 3.63) is 46.7 Å². The van der Waals surface area contributed by atoms with Gasteiger partial charge in [0.15, 0.2) is 5.78 Å². The molecule has 4 rings (SSSR count). The first-order valence-electron chi connectivity index (χ1n) is 8.68. The second-order valence-corrected chi connectivity index (χ2v) is 7.61. The highest BCUT2D eigenvalue weighted by molar-refractivity contribution is 6.00. The molecule has 140 valence electrons. The minimum Gasteiger partial charge on any atom is -0.465 e. The Kier molecular flexibility index (Phi) is 3.98. The molecule has 2 N–H and O–H groups in total. The molecule has 0 amide bonds. The minimum atomic E-state index is -0.420. The Morgan fingerprint density at radius 3 is 2.59 bits per heavy atom. The van der Waals surface area contributed by atoms with Crippen LogP contribution < -0.4 is 10.6 Å². The number of benzene rings is 1. The van der Waals surface area contributed by atoms with E-state index in [1.165, 1.54) is 7.11 Å². The molecule has 1 aromatic heterocycles. The summed E-state index contributed by atoms with van der Waals surface area (Å²) in [6, 6.07) is 6.55. The molecular weight excluding hydrogens is 348 g/mol. The summed E-state index contributed by atoms with van der Waals surface area (Å²) in [5.41, 5.74) is 2.62. The van der Waals surface area contributed by atoms with E-state index < -0.39 is 12.0 Å². The number of rotatable bonds is 2. The van der Waals surface area contributed by atoms with Crippen molar-refractivity contribution in [1.29, 1.82) is 0 Å². The van der Waals surface area contributed by atoms with Gasteiger partial charge in [-0.15, -0.1) is 0 Å². The van der Waals surface area contributed by atoms with Gasteiger partial charge in [-0.05, 0) is 39.8 Å². The molecule has 0 saturated carbocycles. The summed E-state index contributed by atoms with van der Waals surface area (Å²) in [7, 11) is 1.34. The molecule has 0 radical (unpaired) electrons. The van der Waals surface area contributed by atoms with E-state index in [0.717, 1.165) is 11.3 Å². The summed E-state index contributed by atoms with van der Waals surface area (Å²) in [6.07, 6.45) is 1.17. The number of methoxy groups -OCH3 is 1. The van der Waals surface area contributed by atoms with Crippen molar-refractivity contribution in [1.82, 2.24) is 10.3 Å². The molecule has 8 nitrogen and oxygen atoms in total. The number of ether oxygens (including phenoxy) is 1. The Labute approximate surface area is 155 Å². The van der Waals surface area contributed by atoms with Crippen LogP contribution in [-0.4, -0.2) is 29.2 Å². The molecule has 1 aliphatic carbocycles. The molecule has 0 fully saturated rings. The van der Waals surface area contributed by atoms with Gasteiger partial charge in [-0.1, -0.05) is 26.0 Å². The topological polar surface area (TPSA) is 106 Å². The lowest BCUT2D eigenvalue weighted by Crippen LogP contribution is -2.31.